The summed E-state index contributed by atoms with van der Waals surface area (Å²) >= 11 is 0. The third-order valence-corrected chi connectivity index (χ3v) is 4.88. The minimum Gasteiger partial charge on any atom is -0.623 e. The zero-order valence-corrected chi connectivity index (χ0v) is 14.5. The van der Waals surface area contributed by atoms with Crippen molar-refractivity contribution in [3.63, 3.8) is 0 Å². The van der Waals surface area contributed by atoms with E-state index in [9.17, 15) is 10.4 Å². The van der Waals surface area contributed by atoms with Gasteiger partial charge in [0.1, 0.15) is 23.2 Å². The van der Waals surface area contributed by atoms with Crippen LogP contribution in [-0.4, -0.2) is 29.9 Å². The van der Waals surface area contributed by atoms with Gasteiger partial charge in [-0.2, -0.15) is 0 Å². The van der Waals surface area contributed by atoms with E-state index in [1.165, 1.54) is 0 Å². The van der Waals surface area contributed by atoms with Crippen molar-refractivity contribution in [1.82, 2.24) is 0 Å². The van der Waals surface area contributed by atoms with Crippen molar-refractivity contribution in [2.24, 2.45) is 9.98 Å². The SMILES string of the molecule is COc1ccccc1C1=NC2C=C3C(=CC2=N1)N(O)c1ccccc1[NH+]3[O-]. The number of aliphatic imine (C=N–C) groups is 2. The number of hydrogen-bond donors (Lipinski definition) is 2. The van der Waals surface area contributed by atoms with Crippen LogP contribution in [0.25, 0.3) is 0 Å². The Balaban J connectivity index is 1.60. The summed E-state index contributed by atoms with van der Waals surface area (Å²) in [4.78, 5) is 9.27. The highest BCUT2D eigenvalue weighted by atomic mass is 16.5. The molecule has 0 radical (unpaired) electrons. The summed E-state index contributed by atoms with van der Waals surface area (Å²) in [6, 6.07) is 14.2. The van der Waals surface area contributed by atoms with Crippen molar-refractivity contribution in [1.29, 1.82) is 0 Å². The molecule has 27 heavy (non-hydrogen) atoms. The molecule has 0 fully saturated rings. The molecule has 1 aliphatic carbocycles. The van der Waals surface area contributed by atoms with Crippen molar-refractivity contribution in [2.75, 3.05) is 12.2 Å². The molecule has 5 rings (SSSR count). The molecular formula is C20H16N4O3. The lowest BCUT2D eigenvalue weighted by Crippen LogP contribution is -3.01. The second-order valence-electron chi connectivity index (χ2n) is 6.40. The fraction of sp³-hybridized carbons (Fsp3) is 0.100. The van der Waals surface area contributed by atoms with Crippen LogP contribution in [0.2, 0.25) is 0 Å². The summed E-state index contributed by atoms with van der Waals surface area (Å²) in [5.74, 6) is 1.23. The van der Waals surface area contributed by atoms with Gasteiger partial charge in [0, 0.05) is 12.1 Å². The van der Waals surface area contributed by atoms with Gasteiger partial charge in [-0.3, -0.25) is 10.2 Å². The van der Waals surface area contributed by atoms with Gasteiger partial charge in [-0.15, -0.1) is 0 Å². The summed E-state index contributed by atoms with van der Waals surface area (Å²) in [5, 5.41) is 24.4. The molecule has 0 amide bonds. The molecule has 2 aromatic carbocycles. The van der Waals surface area contributed by atoms with Gasteiger partial charge in [-0.05, 0) is 24.3 Å². The number of rotatable bonds is 2. The van der Waals surface area contributed by atoms with E-state index in [4.69, 9.17) is 4.74 Å². The molecule has 7 heteroatoms. The number of benzene rings is 2. The summed E-state index contributed by atoms with van der Waals surface area (Å²) in [7, 11) is 1.60. The van der Waals surface area contributed by atoms with Crippen LogP contribution in [-0.2, 0) is 0 Å². The normalized spacial score (nSPS) is 22.7. The van der Waals surface area contributed by atoms with Crippen LogP contribution >= 0.6 is 0 Å². The van der Waals surface area contributed by atoms with E-state index in [0.717, 1.165) is 10.6 Å². The quantitative estimate of drug-likeness (QED) is 0.802. The number of methoxy groups -OCH3 is 1. The van der Waals surface area contributed by atoms with Gasteiger partial charge >= 0.3 is 0 Å². The van der Waals surface area contributed by atoms with E-state index < -0.39 is 0 Å². The maximum Gasteiger partial charge on any atom is 0.162 e. The maximum absolute atomic E-state index is 12.9. The van der Waals surface area contributed by atoms with Crippen molar-refractivity contribution in [3.05, 3.63) is 82.8 Å². The van der Waals surface area contributed by atoms with Gasteiger partial charge in [0.15, 0.2) is 17.2 Å². The second-order valence-corrected chi connectivity index (χ2v) is 6.40. The molecule has 2 N–H and O–H groups in total. The zero-order valence-electron chi connectivity index (χ0n) is 14.5. The number of quaternary nitrogens is 1. The number of nitrogens with one attached hydrogen (secondary N) is 1. The van der Waals surface area contributed by atoms with Crippen molar-refractivity contribution < 1.29 is 15.0 Å². The third kappa shape index (κ3) is 2.33. The summed E-state index contributed by atoms with van der Waals surface area (Å²) < 4.78 is 5.40. The Hall–Kier alpha value is -3.26. The van der Waals surface area contributed by atoms with Gasteiger partial charge < -0.3 is 15.0 Å². The number of amidine groups is 1. The van der Waals surface area contributed by atoms with E-state index in [-0.39, 0.29) is 11.1 Å². The van der Waals surface area contributed by atoms with Gasteiger partial charge in [0.25, 0.3) is 0 Å². The molecule has 0 saturated heterocycles. The number of para-hydroxylation sites is 3. The Labute approximate surface area is 155 Å². The molecule has 2 heterocycles. The van der Waals surface area contributed by atoms with Gasteiger partial charge in [0.2, 0.25) is 0 Å². The van der Waals surface area contributed by atoms with Crippen LogP contribution in [0.1, 0.15) is 5.56 Å². The first-order chi connectivity index (χ1) is 13.2. The van der Waals surface area contributed by atoms with Crippen molar-refractivity contribution in [2.45, 2.75) is 6.04 Å². The van der Waals surface area contributed by atoms with Crippen LogP contribution in [0, 0.1) is 5.21 Å². The van der Waals surface area contributed by atoms with Crippen molar-refractivity contribution >= 4 is 22.9 Å². The Kier molecular flexibility index (Phi) is 3.48. The molecule has 2 aliphatic heterocycles. The lowest BCUT2D eigenvalue weighted by Gasteiger charge is -2.37. The summed E-state index contributed by atoms with van der Waals surface area (Å²) in [5.41, 5.74) is 3.26. The highest BCUT2D eigenvalue weighted by molar-refractivity contribution is 6.19. The monoisotopic (exact) mass is 360 g/mol. The fourth-order valence-corrected chi connectivity index (χ4v) is 3.57. The number of hydroxylamine groups is 2. The smallest absolute Gasteiger partial charge is 0.162 e. The fourth-order valence-electron chi connectivity index (χ4n) is 3.57. The Bertz CT molecular complexity index is 1070. The lowest BCUT2D eigenvalue weighted by molar-refractivity contribution is -0.729. The molecule has 3 aliphatic rings. The first-order valence-corrected chi connectivity index (χ1v) is 8.54. The second kappa shape index (κ2) is 5.88. The van der Waals surface area contributed by atoms with Gasteiger partial charge in [-0.25, -0.2) is 10.1 Å². The van der Waals surface area contributed by atoms with Gasteiger partial charge in [0.05, 0.1) is 18.4 Å². The van der Waals surface area contributed by atoms with Crippen molar-refractivity contribution in [3.8, 4) is 5.75 Å². The predicted octanol–water partition coefficient (Wildman–Crippen LogP) is 1.97. The average Bonchev–Trinajstić information content (AvgIpc) is 3.14. The number of nitrogens with zero attached hydrogens (tertiary/aromatic N) is 3. The number of anilines is 1. The summed E-state index contributed by atoms with van der Waals surface area (Å²) in [6.07, 6.45) is 3.48. The zero-order chi connectivity index (χ0) is 18.5. The molecule has 0 saturated carbocycles. The minimum absolute atomic E-state index is 0.123. The van der Waals surface area contributed by atoms with Gasteiger partial charge in [-0.1, -0.05) is 24.3 Å². The standard InChI is InChI=1S/C20H16N4O3/c1-27-19-9-5-2-6-12(19)20-21-13-10-17-18(11-14(13)22-20)24(26)16-8-4-3-7-15(16)23(17)25/h2-11,13,23,26H,1H3. The molecule has 0 aromatic heterocycles. The Morgan fingerprint density at radius 2 is 1.93 bits per heavy atom. The van der Waals surface area contributed by atoms with Crippen LogP contribution in [0.3, 0.4) is 0 Å². The molecule has 2 atom stereocenters. The van der Waals surface area contributed by atoms with E-state index in [1.54, 1.807) is 43.5 Å². The molecule has 2 unspecified atom stereocenters. The molecule has 7 nitrogen and oxygen atoms in total. The maximum atomic E-state index is 12.9. The summed E-state index contributed by atoms with van der Waals surface area (Å²) in [6.45, 7) is 0. The topological polar surface area (TPSA) is 84.9 Å². The van der Waals surface area contributed by atoms with E-state index in [2.05, 4.69) is 9.98 Å². The molecule has 2 aromatic rings. The third-order valence-electron chi connectivity index (χ3n) is 4.88. The number of fused-ring (bicyclic) bond motifs is 3. The molecule has 0 bridgehead atoms. The minimum atomic E-state index is -0.355. The first kappa shape index (κ1) is 16.0. The average molecular weight is 360 g/mol. The largest absolute Gasteiger partial charge is 0.623 e. The molecule has 134 valence electrons. The molecular weight excluding hydrogens is 344 g/mol. The highest BCUT2D eigenvalue weighted by Crippen LogP contribution is 2.34. The number of ether oxygens (including phenoxy) is 1. The van der Waals surface area contributed by atoms with E-state index in [1.807, 2.05) is 24.3 Å². The van der Waals surface area contributed by atoms with E-state index >= 15 is 0 Å². The Morgan fingerprint density at radius 3 is 2.78 bits per heavy atom. The van der Waals surface area contributed by atoms with E-state index in [0.29, 0.717) is 40.1 Å². The number of hydrogen-bond acceptors (Lipinski definition) is 6. The Morgan fingerprint density at radius 1 is 1.15 bits per heavy atom. The lowest BCUT2D eigenvalue weighted by atomic mass is 10.00. The van der Waals surface area contributed by atoms with Crippen LogP contribution < -0.4 is 14.9 Å². The van der Waals surface area contributed by atoms with Crippen LogP contribution in [0.4, 0.5) is 11.4 Å². The van der Waals surface area contributed by atoms with Crippen LogP contribution in [0.5, 0.6) is 5.75 Å². The predicted molar refractivity (Wildman–Crippen MR) is 102 cm³/mol. The van der Waals surface area contributed by atoms with Crippen LogP contribution in [0.15, 0.2) is 82.1 Å². The molecule has 0 spiro atoms. The highest BCUT2D eigenvalue weighted by Gasteiger charge is 2.37. The first-order valence-electron chi connectivity index (χ1n) is 8.54.